The average molecular weight is 490 g/mol. The van der Waals surface area contributed by atoms with E-state index in [2.05, 4.69) is 9.71 Å². The fourth-order valence-electron chi connectivity index (χ4n) is 4.05. The summed E-state index contributed by atoms with van der Waals surface area (Å²) < 4.78 is 34.4. The Labute approximate surface area is 202 Å². The molecule has 5 rings (SSSR count). The Bertz CT molecular complexity index is 1510. The lowest BCUT2D eigenvalue weighted by Crippen LogP contribution is -2.66. The lowest BCUT2D eigenvalue weighted by atomic mass is 10.0. The zero-order chi connectivity index (χ0) is 24.6. The Balaban J connectivity index is 1.30. The molecule has 1 fully saturated rings. The third-order valence-electron chi connectivity index (χ3n) is 5.82. The molecule has 2 heterocycles. The van der Waals surface area contributed by atoms with Gasteiger partial charge in [-0.05, 0) is 55.0 Å². The maximum Gasteiger partial charge on any atom is 0.264 e. The first kappa shape index (κ1) is 22.8. The van der Waals surface area contributed by atoms with Gasteiger partial charge in [0, 0.05) is 17.1 Å². The second-order valence-electron chi connectivity index (χ2n) is 8.49. The van der Waals surface area contributed by atoms with Crippen LogP contribution in [-0.2, 0) is 10.0 Å². The summed E-state index contributed by atoms with van der Waals surface area (Å²) in [7, 11) is -3.91. The molecule has 9 heteroatoms. The summed E-state index contributed by atoms with van der Waals surface area (Å²) in [5, 5.41) is 11.3. The van der Waals surface area contributed by atoms with Crippen LogP contribution in [-0.4, -0.2) is 48.2 Å². The number of aryl methyl sites for hydroxylation is 1. The summed E-state index contributed by atoms with van der Waals surface area (Å²) in [5.41, 5.74) is 1.72. The van der Waals surface area contributed by atoms with Crippen molar-refractivity contribution in [1.29, 1.82) is 0 Å². The number of amides is 1. The van der Waals surface area contributed by atoms with Crippen molar-refractivity contribution in [2.24, 2.45) is 0 Å². The first-order valence-electron chi connectivity index (χ1n) is 11.0. The van der Waals surface area contributed by atoms with Gasteiger partial charge in [0.15, 0.2) is 0 Å². The molecular weight excluding hydrogens is 466 g/mol. The molecule has 35 heavy (non-hydrogen) atoms. The van der Waals surface area contributed by atoms with E-state index >= 15 is 0 Å². The smallest absolute Gasteiger partial charge is 0.264 e. The van der Waals surface area contributed by atoms with Crippen LogP contribution < -0.4 is 9.46 Å². The minimum Gasteiger partial charge on any atom is -0.459 e. The first-order chi connectivity index (χ1) is 16.7. The maximum absolute atomic E-state index is 13.1. The van der Waals surface area contributed by atoms with Crippen molar-refractivity contribution in [3.05, 3.63) is 96.2 Å². The summed E-state index contributed by atoms with van der Waals surface area (Å²) in [6.07, 6.45) is 1.55. The van der Waals surface area contributed by atoms with Crippen LogP contribution in [0.15, 0.2) is 90.0 Å². The number of sulfonamides is 1. The van der Waals surface area contributed by atoms with Gasteiger partial charge in [-0.25, -0.2) is 8.42 Å². The zero-order valence-electron chi connectivity index (χ0n) is 18.9. The molecule has 0 radical (unpaired) electrons. The van der Waals surface area contributed by atoms with E-state index in [1.165, 1.54) is 11.0 Å². The van der Waals surface area contributed by atoms with Gasteiger partial charge in [0.05, 0.1) is 24.3 Å². The molecule has 8 nitrogen and oxygen atoms in total. The van der Waals surface area contributed by atoms with Gasteiger partial charge in [-0.2, -0.15) is 0 Å². The summed E-state index contributed by atoms with van der Waals surface area (Å²) in [6, 6.07) is 22.2. The molecule has 1 aliphatic rings. The first-order valence-corrected chi connectivity index (χ1v) is 12.5. The molecule has 1 saturated heterocycles. The van der Waals surface area contributed by atoms with Crippen LogP contribution in [0.5, 0.6) is 5.75 Å². The number of aromatic nitrogens is 1. The van der Waals surface area contributed by atoms with Crippen LogP contribution in [0.1, 0.15) is 15.9 Å². The number of pyridine rings is 1. The van der Waals surface area contributed by atoms with Gasteiger partial charge in [-0.3, -0.25) is 14.5 Å². The molecule has 0 unspecified atom stereocenters. The van der Waals surface area contributed by atoms with E-state index in [4.69, 9.17) is 4.74 Å². The van der Waals surface area contributed by atoms with Crippen LogP contribution in [0, 0.1) is 6.92 Å². The SMILES string of the molecule is Cc1cc(C(=O)N2CC(O)(Oc3ccccc3)C2)ccc1NS(=O)(=O)c1cccc2cccnc12. The van der Waals surface area contributed by atoms with Gasteiger partial charge < -0.3 is 14.7 Å². The van der Waals surface area contributed by atoms with Crippen molar-refractivity contribution >= 4 is 32.5 Å². The van der Waals surface area contributed by atoms with E-state index < -0.39 is 15.8 Å². The molecular formula is C26H23N3O5S. The van der Waals surface area contributed by atoms with Gasteiger partial charge in [0.1, 0.15) is 10.6 Å². The Morgan fingerprint density at radius 3 is 2.51 bits per heavy atom. The van der Waals surface area contributed by atoms with Crippen LogP contribution in [0.4, 0.5) is 5.69 Å². The van der Waals surface area contributed by atoms with Gasteiger partial charge in [-0.1, -0.05) is 36.4 Å². The number of nitrogens with zero attached hydrogens (tertiary/aromatic N) is 2. The van der Waals surface area contributed by atoms with Crippen molar-refractivity contribution in [3.8, 4) is 5.75 Å². The van der Waals surface area contributed by atoms with E-state index in [9.17, 15) is 18.3 Å². The normalized spacial score (nSPS) is 14.9. The number of hydrogen-bond acceptors (Lipinski definition) is 6. The topological polar surface area (TPSA) is 109 Å². The number of ether oxygens (including phenoxy) is 1. The summed E-state index contributed by atoms with van der Waals surface area (Å²) in [5.74, 6) is -1.19. The van der Waals surface area contributed by atoms with Crippen molar-refractivity contribution in [2.75, 3.05) is 17.8 Å². The Hall–Kier alpha value is -3.95. The third kappa shape index (κ3) is 4.55. The van der Waals surface area contributed by atoms with E-state index in [-0.39, 0.29) is 23.9 Å². The largest absolute Gasteiger partial charge is 0.459 e. The summed E-state index contributed by atoms with van der Waals surface area (Å²) >= 11 is 0. The third-order valence-corrected chi connectivity index (χ3v) is 7.21. The van der Waals surface area contributed by atoms with Crippen molar-refractivity contribution < 1.29 is 23.1 Å². The predicted molar refractivity (Wildman–Crippen MR) is 132 cm³/mol. The number of likely N-dealkylation sites (tertiary alicyclic amines) is 1. The highest BCUT2D eigenvalue weighted by atomic mass is 32.2. The zero-order valence-corrected chi connectivity index (χ0v) is 19.7. The van der Waals surface area contributed by atoms with E-state index in [1.807, 2.05) is 6.07 Å². The Morgan fingerprint density at radius 1 is 1.03 bits per heavy atom. The van der Waals surface area contributed by atoms with Gasteiger partial charge >= 0.3 is 0 Å². The van der Waals surface area contributed by atoms with Gasteiger partial charge in [-0.15, -0.1) is 0 Å². The van der Waals surface area contributed by atoms with Crippen LogP contribution >= 0.6 is 0 Å². The number of benzene rings is 3. The number of hydrogen-bond donors (Lipinski definition) is 2. The number of nitrogens with one attached hydrogen (secondary N) is 1. The van der Waals surface area contributed by atoms with Crippen molar-refractivity contribution in [1.82, 2.24) is 9.88 Å². The molecule has 0 saturated carbocycles. The lowest BCUT2D eigenvalue weighted by Gasteiger charge is -2.45. The second-order valence-corrected chi connectivity index (χ2v) is 10.1. The number of rotatable bonds is 6. The van der Waals surface area contributed by atoms with Crippen molar-refractivity contribution in [3.63, 3.8) is 0 Å². The van der Waals surface area contributed by atoms with E-state index in [0.29, 0.717) is 28.1 Å². The number of anilines is 1. The highest BCUT2D eigenvalue weighted by molar-refractivity contribution is 7.93. The van der Waals surface area contributed by atoms with Crippen molar-refractivity contribution in [2.45, 2.75) is 17.6 Å². The fraction of sp³-hybridized carbons (Fsp3) is 0.154. The highest BCUT2D eigenvalue weighted by Crippen LogP contribution is 2.29. The molecule has 0 spiro atoms. The van der Waals surface area contributed by atoms with Gasteiger partial charge in [0.2, 0.25) is 5.79 Å². The number of fused-ring (bicyclic) bond motifs is 1. The van der Waals surface area contributed by atoms with Crippen LogP contribution in [0.3, 0.4) is 0 Å². The summed E-state index contributed by atoms with van der Waals surface area (Å²) in [6.45, 7) is 1.78. The minimum absolute atomic E-state index is 0.0300. The lowest BCUT2D eigenvalue weighted by molar-refractivity contribution is -0.210. The second kappa shape index (κ2) is 8.68. The minimum atomic E-state index is -3.91. The van der Waals surface area contributed by atoms with E-state index in [0.717, 1.165) is 5.39 Å². The molecule has 0 bridgehead atoms. The monoisotopic (exact) mass is 489 g/mol. The Kier molecular flexibility index (Phi) is 5.66. The number of carbonyl (C=O) groups is 1. The molecule has 1 aliphatic heterocycles. The quantitative estimate of drug-likeness (QED) is 0.401. The Morgan fingerprint density at radius 2 is 1.77 bits per heavy atom. The number of para-hydroxylation sites is 2. The molecule has 1 aromatic heterocycles. The average Bonchev–Trinajstić information content (AvgIpc) is 2.83. The van der Waals surface area contributed by atoms with E-state index in [1.54, 1.807) is 79.9 Å². The molecule has 178 valence electrons. The number of aliphatic hydroxyl groups is 1. The van der Waals surface area contributed by atoms with Gasteiger partial charge in [0.25, 0.3) is 15.9 Å². The molecule has 4 aromatic rings. The summed E-state index contributed by atoms with van der Waals surface area (Å²) in [4.78, 5) is 18.7. The maximum atomic E-state index is 13.1. The fourth-order valence-corrected chi connectivity index (χ4v) is 5.36. The standard InChI is InChI=1S/C26H23N3O5S/c1-18-15-20(25(30)29-16-26(31,17-29)34-21-9-3-2-4-10-21)12-13-22(18)28-35(32,33)23-11-5-7-19-8-6-14-27-24(19)23/h2-15,28,31H,16-17H2,1H3. The highest BCUT2D eigenvalue weighted by Gasteiger charge is 2.46. The molecule has 2 N–H and O–H groups in total. The molecule has 1 amide bonds. The molecule has 3 aromatic carbocycles. The molecule has 0 aliphatic carbocycles. The van der Waals surface area contributed by atoms with Crippen LogP contribution in [0.2, 0.25) is 0 Å². The number of β-amino-alcohol motifs (C(OH)–C–C–N with tert-alkyl or cyclic N) is 1. The predicted octanol–water partition coefficient (Wildman–Crippen LogP) is 3.57. The van der Waals surface area contributed by atoms with Crippen LogP contribution in [0.25, 0.3) is 10.9 Å². The molecule has 0 atom stereocenters. The number of carbonyl (C=O) groups excluding carboxylic acids is 1.